The molecule has 2 aromatic rings. The van der Waals surface area contributed by atoms with Gasteiger partial charge in [-0.15, -0.1) is 11.6 Å². The van der Waals surface area contributed by atoms with E-state index in [1.54, 1.807) is 13.1 Å². The van der Waals surface area contributed by atoms with Crippen LogP contribution in [0, 0.1) is 5.82 Å². The number of hydrogen-bond acceptors (Lipinski definition) is 1. The topological polar surface area (TPSA) is 22.0 Å². The second kappa shape index (κ2) is 4.26. The fraction of sp³-hybridized carbons (Fsp3) is 0.250. The summed E-state index contributed by atoms with van der Waals surface area (Å²) in [5, 5.41) is 0.753. The molecule has 0 saturated carbocycles. The average Bonchev–Trinajstić information content (AvgIpc) is 2.26. The number of rotatable bonds is 2. The van der Waals surface area contributed by atoms with Crippen LogP contribution in [0.2, 0.25) is 0 Å². The van der Waals surface area contributed by atoms with E-state index in [0.29, 0.717) is 12.3 Å². The van der Waals surface area contributed by atoms with Gasteiger partial charge in [0, 0.05) is 24.4 Å². The molecule has 0 radical (unpaired) electrons. The first-order valence-corrected chi connectivity index (χ1v) is 5.51. The Kier molecular flexibility index (Phi) is 2.97. The van der Waals surface area contributed by atoms with Crippen LogP contribution in [0.1, 0.15) is 5.56 Å². The van der Waals surface area contributed by atoms with Gasteiger partial charge in [0.1, 0.15) is 5.82 Å². The maximum Gasteiger partial charge on any atom is 0.251 e. The SMILES string of the molecule is Cn1c(=O)cc(CCCl)c2cc(F)ccc21. The molecule has 0 aliphatic carbocycles. The molecule has 0 unspecified atom stereocenters. The molecule has 1 heterocycles. The molecule has 84 valence electrons. The first-order valence-electron chi connectivity index (χ1n) is 4.97. The van der Waals surface area contributed by atoms with Gasteiger partial charge in [-0.2, -0.15) is 0 Å². The molecule has 0 aliphatic rings. The molecule has 0 amide bonds. The zero-order valence-corrected chi connectivity index (χ0v) is 9.59. The number of nitrogens with zero attached hydrogens (tertiary/aromatic N) is 1. The van der Waals surface area contributed by atoms with Gasteiger partial charge in [-0.1, -0.05) is 0 Å². The quantitative estimate of drug-likeness (QED) is 0.738. The number of aryl methyl sites for hydroxylation is 2. The van der Waals surface area contributed by atoms with Gasteiger partial charge < -0.3 is 4.57 Å². The number of alkyl halides is 1. The molecular formula is C12H11ClFNO. The van der Waals surface area contributed by atoms with Crippen LogP contribution in [0.15, 0.2) is 29.1 Å². The summed E-state index contributed by atoms with van der Waals surface area (Å²) in [7, 11) is 1.67. The summed E-state index contributed by atoms with van der Waals surface area (Å²) in [4.78, 5) is 11.6. The molecule has 0 atom stereocenters. The van der Waals surface area contributed by atoms with Gasteiger partial charge in [0.05, 0.1) is 5.52 Å². The Morgan fingerprint density at radius 2 is 2.12 bits per heavy atom. The van der Waals surface area contributed by atoms with Crippen molar-refractivity contribution in [1.29, 1.82) is 0 Å². The van der Waals surface area contributed by atoms with Gasteiger partial charge in [-0.3, -0.25) is 4.79 Å². The molecule has 16 heavy (non-hydrogen) atoms. The third kappa shape index (κ3) is 1.83. The molecule has 0 saturated heterocycles. The molecule has 0 bridgehead atoms. The minimum absolute atomic E-state index is 0.0979. The summed E-state index contributed by atoms with van der Waals surface area (Å²) in [6.07, 6.45) is 0.567. The number of hydrogen-bond donors (Lipinski definition) is 0. The lowest BCUT2D eigenvalue weighted by molar-refractivity contribution is 0.629. The van der Waals surface area contributed by atoms with Crippen LogP contribution < -0.4 is 5.56 Å². The van der Waals surface area contributed by atoms with E-state index < -0.39 is 0 Å². The highest BCUT2D eigenvalue weighted by molar-refractivity contribution is 6.18. The third-order valence-electron chi connectivity index (χ3n) is 2.66. The van der Waals surface area contributed by atoms with Crippen molar-refractivity contribution < 1.29 is 4.39 Å². The molecule has 4 heteroatoms. The maximum atomic E-state index is 13.2. The molecular weight excluding hydrogens is 229 g/mol. The molecule has 1 aromatic heterocycles. The number of fused-ring (bicyclic) bond motifs is 1. The number of aromatic nitrogens is 1. The first-order chi connectivity index (χ1) is 7.63. The third-order valence-corrected chi connectivity index (χ3v) is 2.85. The van der Waals surface area contributed by atoms with Crippen LogP contribution in [-0.2, 0) is 13.5 Å². The average molecular weight is 240 g/mol. The van der Waals surface area contributed by atoms with E-state index in [-0.39, 0.29) is 11.4 Å². The van der Waals surface area contributed by atoms with Gasteiger partial charge in [-0.05, 0) is 30.2 Å². The van der Waals surface area contributed by atoms with E-state index in [0.717, 1.165) is 16.5 Å². The molecule has 0 aliphatic heterocycles. The summed E-state index contributed by atoms with van der Waals surface area (Å²) < 4.78 is 14.7. The molecule has 0 N–H and O–H groups in total. The predicted octanol–water partition coefficient (Wildman–Crippen LogP) is 2.46. The van der Waals surface area contributed by atoms with Gasteiger partial charge in [0.25, 0.3) is 5.56 Å². The highest BCUT2D eigenvalue weighted by atomic mass is 35.5. The summed E-state index contributed by atoms with van der Waals surface area (Å²) in [6.45, 7) is 0. The Bertz CT molecular complexity index is 591. The highest BCUT2D eigenvalue weighted by Gasteiger charge is 2.07. The lowest BCUT2D eigenvalue weighted by Crippen LogP contribution is -2.17. The highest BCUT2D eigenvalue weighted by Crippen LogP contribution is 2.18. The number of benzene rings is 1. The van der Waals surface area contributed by atoms with Gasteiger partial charge in [0.15, 0.2) is 0 Å². The van der Waals surface area contributed by atoms with Crippen molar-refractivity contribution in [1.82, 2.24) is 4.57 Å². The predicted molar refractivity (Wildman–Crippen MR) is 63.6 cm³/mol. The van der Waals surface area contributed by atoms with Gasteiger partial charge in [0.2, 0.25) is 0 Å². The largest absolute Gasteiger partial charge is 0.311 e. The fourth-order valence-corrected chi connectivity index (χ4v) is 2.01. The van der Waals surface area contributed by atoms with Crippen LogP contribution in [-0.4, -0.2) is 10.4 Å². The second-order valence-corrected chi connectivity index (χ2v) is 4.05. The van der Waals surface area contributed by atoms with E-state index >= 15 is 0 Å². The molecule has 0 fully saturated rings. The minimum atomic E-state index is -0.304. The fourth-order valence-electron chi connectivity index (χ4n) is 1.81. The molecule has 1 aromatic carbocycles. The van der Waals surface area contributed by atoms with Crippen molar-refractivity contribution in [2.24, 2.45) is 7.05 Å². The summed E-state index contributed by atoms with van der Waals surface area (Å²) in [6, 6.07) is 5.93. The Morgan fingerprint density at radius 1 is 1.38 bits per heavy atom. The number of halogens is 2. The molecule has 2 nitrogen and oxygen atoms in total. The first kappa shape index (κ1) is 11.1. The second-order valence-electron chi connectivity index (χ2n) is 3.67. The van der Waals surface area contributed by atoms with Crippen molar-refractivity contribution >= 4 is 22.5 Å². The van der Waals surface area contributed by atoms with Crippen LogP contribution in [0.4, 0.5) is 4.39 Å². The van der Waals surface area contributed by atoms with Crippen molar-refractivity contribution in [3.8, 4) is 0 Å². The van der Waals surface area contributed by atoms with Crippen LogP contribution >= 0.6 is 11.6 Å². The van der Waals surface area contributed by atoms with Gasteiger partial charge >= 0.3 is 0 Å². The minimum Gasteiger partial charge on any atom is -0.311 e. The molecule has 2 rings (SSSR count). The van der Waals surface area contributed by atoms with Crippen LogP contribution in [0.25, 0.3) is 10.9 Å². The maximum absolute atomic E-state index is 13.2. The standard InChI is InChI=1S/C12H11ClFNO/c1-15-11-3-2-9(14)7-10(11)8(4-5-13)6-12(15)16/h2-3,6-7H,4-5H2,1H3. The smallest absolute Gasteiger partial charge is 0.251 e. The van der Waals surface area contributed by atoms with Crippen LogP contribution in [0.5, 0.6) is 0 Å². The van der Waals surface area contributed by atoms with Crippen LogP contribution in [0.3, 0.4) is 0 Å². The summed E-state index contributed by atoms with van der Waals surface area (Å²) >= 11 is 5.67. The van der Waals surface area contributed by atoms with E-state index in [1.807, 2.05) is 0 Å². The zero-order chi connectivity index (χ0) is 11.7. The molecule has 0 spiro atoms. The summed E-state index contributed by atoms with van der Waals surface area (Å²) in [5.74, 6) is 0.112. The van der Waals surface area contributed by atoms with E-state index in [4.69, 9.17) is 11.6 Å². The Morgan fingerprint density at radius 3 is 2.81 bits per heavy atom. The Balaban J connectivity index is 2.84. The Labute approximate surface area is 97.3 Å². The van der Waals surface area contributed by atoms with E-state index in [1.165, 1.54) is 22.8 Å². The Hall–Kier alpha value is -1.35. The van der Waals surface area contributed by atoms with E-state index in [2.05, 4.69) is 0 Å². The van der Waals surface area contributed by atoms with Crippen molar-refractivity contribution in [2.75, 3.05) is 5.88 Å². The van der Waals surface area contributed by atoms with Crippen molar-refractivity contribution in [2.45, 2.75) is 6.42 Å². The van der Waals surface area contributed by atoms with Crippen molar-refractivity contribution in [3.63, 3.8) is 0 Å². The van der Waals surface area contributed by atoms with Crippen molar-refractivity contribution in [3.05, 3.63) is 46.0 Å². The van der Waals surface area contributed by atoms with Gasteiger partial charge in [-0.25, -0.2) is 4.39 Å². The normalized spacial score (nSPS) is 10.9. The number of pyridine rings is 1. The van der Waals surface area contributed by atoms with E-state index in [9.17, 15) is 9.18 Å². The zero-order valence-electron chi connectivity index (χ0n) is 8.84. The lowest BCUT2D eigenvalue weighted by Gasteiger charge is -2.09. The summed E-state index contributed by atoms with van der Waals surface area (Å²) in [5.41, 5.74) is 1.43. The lowest BCUT2D eigenvalue weighted by atomic mass is 10.1. The monoisotopic (exact) mass is 239 g/mol.